The van der Waals surface area contributed by atoms with Gasteiger partial charge in [0.05, 0.1) is 13.7 Å². The fourth-order valence-electron chi connectivity index (χ4n) is 4.46. The van der Waals surface area contributed by atoms with E-state index in [4.69, 9.17) is 4.74 Å². The zero-order valence-electron chi connectivity index (χ0n) is 20.0. The summed E-state index contributed by atoms with van der Waals surface area (Å²) in [6, 6.07) is 4.63. The molecule has 9 nitrogen and oxygen atoms in total. The number of nitrogens with zero attached hydrogens (tertiary/aromatic N) is 4. The number of sulfonamides is 1. The van der Waals surface area contributed by atoms with E-state index in [9.17, 15) is 18.0 Å². The maximum atomic E-state index is 13.3. The van der Waals surface area contributed by atoms with E-state index < -0.39 is 10.0 Å². The summed E-state index contributed by atoms with van der Waals surface area (Å²) < 4.78 is 33.1. The van der Waals surface area contributed by atoms with E-state index in [1.54, 1.807) is 17.0 Å². The fraction of sp³-hybridized carbons (Fsp3) is 0.652. The molecule has 2 heterocycles. The second-order valence-electron chi connectivity index (χ2n) is 8.46. The third-order valence-electron chi connectivity index (χ3n) is 6.44. The van der Waals surface area contributed by atoms with Crippen LogP contribution in [0.2, 0.25) is 0 Å². The van der Waals surface area contributed by atoms with Gasteiger partial charge < -0.3 is 14.5 Å². The molecule has 2 aliphatic rings. The van der Waals surface area contributed by atoms with Gasteiger partial charge in [0, 0.05) is 57.9 Å². The first-order chi connectivity index (χ1) is 15.8. The molecule has 0 aliphatic carbocycles. The molecule has 1 aromatic rings. The van der Waals surface area contributed by atoms with Gasteiger partial charge in [0.15, 0.2) is 0 Å². The number of methoxy groups -OCH3 is 1. The van der Waals surface area contributed by atoms with Crippen molar-refractivity contribution in [3.63, 3.8) is 0 Å². The van der Waals surface area contributed by atoms with Gasteiger partial charge >= 0.3 is 0 Å². The van der Waals surface area contributed by atoms with E-state index in [-0.39, 0.29) is 22.5 Å². The van der Waals surface area contributed by atoms with Crippen molar-refractivity contribution in [2.75, 3.05) is 66.0 Å². The summed E-state index contributed by atoms with van der Waals surface area (Å²) in [5.41, 5.74) is 0.334. The smallest absolute Gasteiger partial charge is 0.253 e. The number of hydrogen-bond acceptors (Lipinski definition) is 6. The van der Waals surface area contributed by atoms with Crippen molar-refractivity contribution in [1.82, 2.24) is 19.0 Å². The lowest BCUT2D eigenvalue weighted by atomic mass is 10.2. The molecule has 1 aromatic carbocycles. The van der Waals surface area contributed by atoms with E-state index >= 15 is 0 Å². The zero-order valence-corrected chi connectivity index (χ0v) is 20.8. The summed E-state index contributed by atoms with van der Waals surface area (Å²) >= 11 is 0. The highest BCUT2D eigenvalue weighted by atomic mass is 32.2. The first-order valence-electron chi connectivity index (χ1n) is 11.8. The minimum Gasteiger partial charge on any atom is -0.495 e. The average molecular weight is 481 g/mol. The van der Waals surface area contributed by atoms with Crippen LogP contribution in [0.5, 0.6) is 5.75 Å². The molecule has 0 radical (unpaired) electrons. The molecule has 0 N–H and O–H groups in total. The molecule has 2 fully saturated rings. The first kappa shape index (κ1) is 25.5. The van der Waals surface area contributed by atoms with Crippen molar-refractivity contribution in [2.24, 2.45) is 0 Å². The Morgan fingerprint density at radius 1 is 0.970 bits per heavy atom. The van der Waals surface area contributed by atoms with E-state index in [0.717, 1.165) is 25.8 Å². The molecule has 3 rings (SSSR count). The van der Waals surface area contributed by atoms with Crippen molar-refractivity contribution in [3.8, 4) is 5.75 Å². The minimum atomic E-state index is -3.72. The Bertz CT molecular complexity index is 942. The lowest BCUT2D eigenvalue weighted by molar-refractivity contribution is -0.132. The molecule has 0 aromatic heterocycles. The normalized spacial score (nSPS) is 18.2. The average Bonchev–Trinajstić information content (AvgIpc) is 3.27. The standard InChI is InChI=1S/C23H36N4O5S/c1-4-25(5-2)22(28)18-24-11-8-12-26(16-15-24)23(29)19-9-10-20(32-3)21(17-19)33(30,31)27-13-6-7-14-27/h9-10,17H,4-8,11-16,18H2,1-3H3. The van der Waals surface area contributed by atoms with E-state index in [0.29, 0.717) is 57.9 Å². The SMILES string of the molecule is CCN(CC)C(=O)CN1CCCN(C(=O)c2ccc(OC)c(S(=O)(=O)N3CCCC3)c2)CC1. The van der Waals surface area contributed by atoms with Crippen LogP contribution < -0.4 is 4.74 Å². The van der Waals surface area contributed by atoms with Gasteiger partial charge in [-0.2, -0.15) is 4.31 Å². The topological polar surface area (TPSA) is 90.5 Å². The maximum Gasteiger partial charge on any atom is 0.253 e. The number of ether oxygens (including phenoxy) is 1. The van der Waals surface area contributed by atoms with Crippen LogP contribution in [0.3, 0.4) is 0 Å². The molecule has 0 unspecified atom stereocenters. The Hall–Kier alpha value is -2.17. The van der Waals surface area contributed by atoms with Crippen molar-refractivity contribution < 1.29 is 22.7 Å². The van der Waals surface area contributed by atoms with Crippen LogP contribution in [-0.2, 0) is 14.8 Å². The van der Waals surface area contributed by atoms with Crippen LogP contribution in [-0.4, -0.2) is 105 Å². The summed E-state index contributed by atoms with van der Waals surface area (Å²) in [7, 11) is -2.29. The van der Waals surface area contributed by atoms with Gasteiger partial charge in [0.2, 0.25) is 15.9 Å². The predicted octanol–water partition coefficient (Wildman–Crippen LogP) is 1.50. The lowest BCUT2D eigenvalue weighted by Gasteiger charge is -2.25. The third kappa shape index (κ3) is 5.85. The van der Waals surface area contributed by atoms with Crippen molar-refractivity contribution in [1.29, 1.82) is 0 Å². The Morgan fingerprint density at radius 2 is 1.67 bits per heavy atom. The Labute approximate surface area is 197 Å². The molecule has 0 atom stereocenters. The van der Waals surface area contributed by atoms with Crippen molar-refractivity contribution in [2.45, 2.75) is 38.0 Å². The zero-order chi connectivity index (χ0) is 24.0. The predicted molar refractivity (Wildman–Crippen MR) is 126 cm³/mol. The number of carbonyl (C=O) groups is 2. The highest BCUT2D eigenvalue weighted by Gasteiger charge is 2.31. The molecule has 184 valence electrons. The maximum absolute atomic E-state index is 13.3. The van der Waals surface area contributed by atoms with Crippen molar-refractivity contribution in [3.05, 3.63) is 23.8 Å². The number of benzene rings is 1. The molecule has 2 amide bonds. The number of amides is 2. The number of likely N-dealkylation sites (N-methyl/N-ethyl adjacent to an activating group) is 1. The fourth-order valence-corrected chi connectivity index (χ4v) is 6.16. The second-order valence-corrected chi connectivity index (χ2v) is 10.4. The van der Waals surface area contributed by atoms with Crippen LogP contribution >= 0.6 is 0 Å². The van der Waals surface area contributed by atoms with Crippen LogP contribution in [0, 0.1) is 0 Å². The first-order valence-corrected chi connectivity index (χ1v) is 13.2. The van der Waals surface area contributed by atoms with Gasteiger partial charge in [-0.05, 0) is 51.3 Å². The molecule has 0 spiro atoms. The van der Waals surface area contributed by atoms with Crippen LogP contribution in [0.4, 0.5) is 0 Å². The molecule has 0 bridgehead atoms. The molecule has 0 saturated carbocycles. The van der Waals surface area contributed by atoms with E-state index in [1.807, 2.05) is 18.7 Å². The van der Waals surface area contributed by atoms with Gasteiger partial charge in [-0.3, -0.25) is 14.5 Å². The number of rotatable bonds is 8. The van der Waals surface area contributed by atoms with Gasteiger partial charge in [0.25, 0.3) is 5.91 Å². The number of carbonyl (C=O) groups excluding carboxylic acids is 2. The Balaban J connectivity index is 1.72. The molecular weight excluding hydrogens is 444 g/mol. The highest BCUT2D eigenvalue weighted by molar-refractivity contribution is 7.89. The molecule has 33 heavy (non-hydrogen) atoms. The second kappa shape index (κ2) is 11.3. The lowest BCUT2D eigenvalue weighted by Crippen LogP contribution is -2.42. The Kier molecular flexibility index (Phi) is 8.72. The van der Waals surface area contributed by atoms with E-state index in [1.165, 1.54) is 17.5 Å². The molecule has 2 saturated heterocycles. The van der Waals surface area contributed by atoms with Crippen LogP contribution in [0.25, 0.3) is 0 Å². The third-order valence-corrected chi connectivity index (χ3v) is 8.36. The van der Waals surface area contributed by atoms with Gasteiger partial charge in [-0.25, -0.2) is 8.42 Å². The largest absolute Gasteiger partial charge is 0.495 e. The van der Waals surface area contributed by atoms with Gasteiger partial charge in [-0.15, -0.1) is 0 Å². The quantitative estimate of drug-likeness (QED) is 0.560. The highest BCUT2D eigenvalue weighted by Crippen LogP contribution is 2.30. The summed E-state index contributed by atoms with van der Waals surface area (Å²) in [6.07, 6.45) is 2.43. The Morgan fingerprint density at radius 3 is 2.30 bits per heavy atom. The monoisotopic (exact) mass is 480 g/mol. The van der Waals surface area contributed by atoms with Crippen LogP contribution in [0.1, 0.15) is 43.5 Å². The number of hydrogen-bond donors (Lipinski definition) is 0. The summed E-state index contributed by atoms with van der Waals surface area (Å²) in [6.45, 7) is 9.04. The molecular formula is C23H36N4O5S. The molecule has 2 aliphatic heterocycles. The summed E-state index contributed by atoms with van der Waals surface area (Å²) in [4.78, 5) is 31.4. The van der Waals surface area contributed by atoms with Crippen molar-refractivity contribution >= 4 is 21.8 Å². The van der Waals surface area contributed by atoms with E-state index in [2.05, 4.69) is 4.90 Å². The van der Waals surface area contributed by atoms with Gasteiger partial charge in [-0.1, -0.05) is 0 Å². The minimum absolute atomic E-state index is 0.0408. The van der Waals surface area contributed by atoms with Crippen LogP contribution in [0.15, 0.2) is 23.1 Å². The summed E-state index contributed by atoms with van der Waals surface area (Å²) in [5, 5.41) is 0. The summed E-state index contributed by atoms with van der Waals surface area (Å²) in [5.74, 6) is 0.148. The van der Waals surface area contributed by atoms with Gasteiger partial charge in [0.1, 0.15) is 10.6 Å². The molecule has 10 heteroatoms.